The minimum absolute atomic E-state index is 0.0557. The number of ether oxygens (including phenoxy) is 1. The fraction of sp³-hybridized carbons (Fsp3) is 0.778. The standard InChI is InChI=1S/C9H16N2O4/c1-7-9(14)11(8(13)6-10-7)2-4-15-5-3-12/h7,10,12H,2-6H2,1H3. The van der Waals surface area contributed by atoms with E-state index in [9.17, 15) is 9.59 Å². The summed E-state index contributed by atoms with van der Waals surface area (Å²) in [6, 6.07) is -0.319. The maximum Gasteiger partial charge on any atom is 0.246 e. The molecule has 6 nitrogen and oxygen atoms in total. The second-order valence-electron chi connectivity index (χ2n) is 3.32. The summed E-state index contributed by atoms with van der Waals surface area (Å²) in [6.45, 7) is 2.60. The predicted molar refractivity (Wildman–Crippen MR) is 52.1 cm³/mol. The van der Waals surface area contributed by atoms with Crippen molar-refractivity contribution in [3.05, 3.63) is 0 Å². The Hall–Kier alpha value is -0.980. The lowest BCUT2D eigenvalue weighted by molar-refractivity contribution is -0.149. The molecule has 1 unspecified atom stereocenters. The van der Waals surface area contributed by atoms with Gasteiger partial charge in [0.1, 0.15) is 0 Å². The number of rotatable bonds is 5. The molecule has 2 N–H and O–H groups in total. The highest BCUT2D eigenvalue weighted by Gasteiger charge is 2.30. The number of nitrogens with one attached hydrogen (secondary N) is 1. The van der Waals surface area contributed by atoms with Crippen LogP contribution in [0.15, 0.2) is 0 Å². The minimum atomic E-state index is -0.319. The molecule has 0 aliphatic carbocycles. The lowest BCUT2D eigenvalue weighted by Gasteiger charge is -2.29. The zero-order valence-corrected chi connectivity index (χ0v) is 8.73. The van der Waals surface area contributed by atoms with Crippen molar-refractivity contribution < 1.29 is 19.4 Å². The summed E-state index contributed by atoms with van der Waals surface area (Å²) in [4.78, 5) is 24.1. The number of piperazine rings is 1. The zero-order chi connectivity index (χ0) is 11.3. The van der Waals surface area contributed by atoms with E-state index in [0.29, 0.717) is 0 Å². The Labute approximate surface area is 88.2 Å². The molecule has 0 radical (unpaired) electrons. The number of hydrogen-bond donors (Lipinski definition) is 2. The lowest BCUT2D eigenvalue weighted by atomic mass is 10.2. The third-order valence-electron chi connectivity index (χ3n) is 2.19. The van der Waals surface area contributed by atoms with E-state index >= 15 is 0 Å². The van der Waals surface area contributed by atoms with E-state index in [1.165, 1.54) is 4.90 Å². The van der Waals surface area contributed by atoms with Gasteiger partial charge in [-0.1, -0.05) is 0 Å². The lowest BCUT2D eigenvalue weighted by Crippen LogP contribution is -2.57. The van der Waals surface area contributed by atoms with Crippen LogP contribution in [0.4, 0.5) is 0 Å². The Morgan fingerprint density at radius 3 is 2.93 bits per heavy atom. The topological polar surface area (TPSA) is 78.9 Å². The average Bonchev–Trinajstić information content (AvgIpc) is 2.23. The molecule has 0 bridgehead atoms. The van der Waals surface area contributed by atoms with Gasteiger partial charge in [0.25, 0.3) is 0 Å². The van der Waals surface area contributed by atoms with Crippen LogP contribution < -0.4 is 5.32 Å². The van der Waals surface area contributed by atoms with Crippen molar-refractivity contribution in [2.75, 3.05) is 32.9 Å². The second kappa shape index (κ2) is 5.79. The molecule has 0 aromatic heterocycles. The average molecular weight is 216 g/mol. The molecule has 1 aliphatic rings. The first-order valence-corrected chi connectivity index (χ1v) is 4.93. The summed E-state index contributed by atoms with van der Waals surface area (Å²) < 4.78 is 5.00. The number of amides is 2. The Balaban J connectivity index is 2.36. The van der Waals surface area contributed by atoms with E-state index < -0.39 is 0 Å². The fourth-order valence-electron chi connectivity index (χ4n) is 1.34. The molecule has 1 heterocycles. The largest absolute Gasteiger partial charge is 0.394 e. The molecule has 86 valence electrons. The number of carbonyl (C=O) groups excluding carboxylic acids is 2. The summed E-state index contributed by atoms with van der Waals surface area (Å²) >= 11 is 0. The Morgan fingerprint density at radius 2 is 2.27 bits per heavy atom. The number of carbonyl (C=O) groups is 2. The quantitative estimate of drug-likeness (QED) is 0.425. The van der Waals surface area contributed by atoms with Gasteiger partial charge in [-0.05, 0) is 6.92 Å². The number of aliphatic hydroxyl groups is 1. The molecule has 1 fully saturated rings. The van der Waals surface area contributed by atoms with Crippen LogP contribution in [0, 0.1) is 0 Å². The van der Waals surface area contributed by atoms with Crippen molar-refractivity contribution in [1.82, 2.24) is 10.2 Å². The van der Waals surface area contributed by atoms with Crippen molar-refractivity contribution in [3.63, 3.8) is 0 Å². The van der Waals surface area contributed by atoms with Gasteiger partial charge in [0.2, 0.25) is 11.8 Å². The Morgan fingerprint density at radius 1 is 1.53 bits per heavy atom. The third-order valence-corrected chi connectivity index (χ3v) is 2.19. The van der Waals surface area contributed by atoms with Crippen LogP contribution in [-0.4, -0.2) is 60.8 Å². The van der Waals surface area contributed by atoms with Crippen LogP contribution in [0.3, 0.4) is 0 Å². The highest BCUT2D eigenvalue weighted by Crippen LogP contribution is 2.01. The third kappa shape index (κ3) is 3.26. The molecule has 1 saturated heterocycles. The highest BCUT2D eigenvalue weighted by atomic mass is 16.5. The Bertz CT molecular complexity index is 244. The molecule has 0 aromatic carbocycles. The van der Waals surface area contributed by atoms with Crippen molar-refractivity contribution >= 4 is 11.8 Å². The maximum absolute atomic E-state index is 11.5. The summed E-state index contributed by atoms with van der Waals surface area (Å²) in [7, 11) is 0. The summed E-state index contributed by atoms with van der Waals surface area (Å²) in [5.74, 6) is -0.454. The molecular formula is C9H16N2O4. The molecular weight excluding hydrogens is 200 g/mol. The van der Waals surface area contributed by atoms with Crippen LogP contribution in [0.2, 0.25) is 0 Å². The van der Waals surface area contributed by atoms with Crippen molar-refractivity contribution in [1.29, 1.82) is 0 Å². The van der Waals surface area contributed by atoms with Gasteiger partial charge in [0.15, 0.2) is 0 Å². The second-order valence-corrected chi connectivity index (χ2v) is 3.32. The first-order chi connectivity index (χ1) is 7.16. The molecule has 1 atom stereocenters. The number of imide groups is 1. The van der Waals surface area contributed by atoms with E-state index in [-0.39, 0.29) is 50.8 Å². The van der Waals surface area contributed by atoms with Crippen LogP contribution in [0.5, 0.6) is 0 Å². The SMILES string of the molecule is CC1NCC(=O)N(CCOCCO)C1=O. The van der Waals surface area contributed by atoms with Crippen LogP contribution in [-0.2, 0) is 14.3 Å². The zero-order valence-electron chi connectivity index (χ0n) is 8.73. The van der Waals surface area contributed by atoms with E-state index in [4.69, 9.17) is 9.84 Å². The van der Waals surface area contributed by atoms with Gasteiger partial charge in [0, 0.05) is 0 Å². The number of aliphatic hydroxyl groups excluding tert-OH is 1. The smallest absolute Gasteiger partial charge is 0.246 e. The van der Waals surface area contributed by atoms with Gasteiger partial charge in [-0.25, -0.2) is 0 Å². The minimum Gasteiger partial charge on any atom is -0.394 e. The fourth-order valence-corrected chi connectivity index (χ4v) is 1.34. The van der Waals surface area contributed by atoms with E-state index in [1.807, 2.05) is 0 Å². The molecule has 1 aliphatic heterocycles. The van der Waals surface area contributed by atoms with Crippen molar-refractivity contribution in [2.24, 2.45) is 0 Å². The Kier molecular flexibility index (Phi) is 4.67. The molecule has 0 spiro atoms. The first-order valence-electron chi connectivity index (χ1n) is 4.93. The normalized spacial score (nSPS) is 22.3. The molecule has 15 heavy (non-hydrogen) atoms. The van der Waals surface area contributed by atoms with E-state index in [0.717, 1.165) is 0 Å². The monoisotopic (exact) mass is 216 g/mol. The maximum atomic E-state index is 11.5. The molecule has 2 amide bonds. The van der Waals surface area contributed by atoms with Gasteiger partial charge in [-0.3, -0.25) is 19.8 Å². The van der Waals surface area contributed by atoms with Gasteiger partial charge < -0.3 is 9.84 Å². The first kappa shape index (κ1) is 12.1. The summed E-state index contributed by atoms with van der Waals surface area (Å²) in [5.41, 5.74) is 0. The number of hydrogen-bond acceptors (Lipinski definition) is 5. The van der Waals surface area contributed by atoms with Crippen LogP contribution in [0.1, 0.15) is 6.92 Å². The van der Waals surface area contributed by atoms with Crippen molar-refractivity contribution in [2.45, 2.75) is 13.0 Å². The molecule has 1 rings (SSSR count). The van der Waals surface area contributed by atoms with Gasteiger partial charge in [0.05, 0.1) is 39.0 Å². The van der Waals surface area contributed by atoms with Gasteiger partial charge >= 0.3 is 0 Å². The van der Waals surface area contributed by atoms with Crippen LogP contribution in [0.25, 0.3) is 0 Å². The molecule has 0 aromatic rings. The van der Waals surface area contributed by atoms with Gasteiger partial charge in [-0.2, -0.15) is 0 Å². The van der Waals surface area contributed by atoms with Crippen LogP contribution >= 0.6 is 0 Å². The van der Waals surface area contributed by atoms with Crippen molar-refractivity contribution in [3.8, 4) is 0 Å². The van der Waals surface area contributed by atoms with E-state index in [2.05, 4.69) is 5.32 Å². The molecule has 6 heteroatoms. The summed E-state index contributed by atoms with van der Waals surface area (Å²) in [5, 5.41) is 11.3. The van der Waals surface area contributed by atoms with E-state index in [1.54, 1.807) is 6.92 Å². The van der Waals surface area contributed by atoms with Gasteiger partial charge in [-0.15, -0.1) is 0 Å². The molecule has 0 saturated carbocycles. The predicted octanol–water partition coefficient (Wildman–Crippen LogP) is -1.66. The number of nitrogens with zero attached hydrogens (tertiary/aromatic N) is 1. The summed E-state index contributed by atoms with van der Waals surface area (Å²) in [6.07, 6.45) is 0. The highest BCUT2D eigenvalue weighted by molar-refractivity contribution is 6.00.